The average Bonchev–Trinajstić information content (AvgIpc) is 2.77. The van der Waals surface area contributed by atoms with Gasteiger partial charge in [-0.2, -0.15) is 0 Å². The fourth-order valence-corrected chi connectivity index (χ4v) is 3.08. The second-order valence-corrected chi connectivity index (χ2v) is 5.32. The average molecular weight is 253 g/mol. The van der Waals surface area contributed by atoms with Crippen LogP contribution in [0.4, 0.5) is 0 Å². The van der Waals surface area contributed by atoms with Gasteiger partial charge in [0.1, 0.15) is 0 Å². The van der Waals surface area contributed by atoms with Crippen molar-refractivity contribution in [3.8, 4) is 0 Å². The lowest BCUT2D eigenvalue weighted by molar-refractivity contribution is 0.394. The van der Waals surface area contributed by atoms with E-state index in [0.717, 1.165) is 42.2 Å². The quantitative estimate of drug-likeness (QED) is 0.815. The molecule has 0 spiro atoms. The zero-order valence-electron chi connectivity index (χ0n) is 10.5. The summed E-state index contributed by atoms with van der Waals surface area (Å²) in [6, 6.07) is 6.17. The zero-order valence-corrected chi connectivity index (χ0v) is 11.2. The third kappa shape index (κ3) is 3.68. The number of pyridine rings is 1. The first-order valence-corrected chi connectivity index (χ1v) is 7.02. The maximum atomic E-state index is 5.98. The molecule has 0 aromatic carbocycles. The Labute approximate surface area is 109 Å². The highest BCUT2D eigenvalue weighted by Gasteiger charge is 2.25. The van der Waals surface area contributed by atoms with E-state index in [1.165, 1.54) is 19.3 Å². The van der Waals surface area contributed by atoms with E-state index in [2.05, 4.69) is 22.4 Å². The SMILES string of the molecule is Cc1cccc(CNCC2CCCC2CCl)n1. The Hall–Kier alpha value is -0.600. The Kier molecular flexibility index (Phi) is 4.81. The monoisotopic (exact) mass is 252 g/mol. The van der Waals surface area contributed by atoms with E-state index in [9.17, 15) is 0 Å². The van der Waals surface area contributed by atoms with Crippen molar-refractivity contribution in [1.29, 1.82) is 0 Å². The Morgan fingerprint density at radius 1 is 1.35 bits per heavy atom. The molecule has 0 aliphatic heterocycles. The summed E-state index contributed by atoms with van der Waals surface area (Å²) in [5.41, 5.74) is 2.22. The van der Waals surface area contributed by atoms with Crippen molar-refractivity contribution in [3.05, 3.63) is 29.6 Å². The first-order chi connectivity index (χ1) is 8.29. The number of aryl methyl sites for hydroxylation is 1. The smallest absolute Gasteiger partial charge is 0.0544 e. The molecule has 1 saturated carbocycles. The van der Waals surface area contributed by atoms with Crippen molar-refractivity contribution in [3.63, 3.8) is 0 Å². The molecule has 1 aromatic rings. The van der Waals surface area contributed by atoms with E-state index in [1.54, 1.807) is 0 Å². The number of halogens is 1. The van der Waals surface area contributed by atoms with Gasteiger partial charge < -0.3 is 5.32 Å². The molecule has 0 saturated heterocycles. The van der Waals surface area contributed by atoms with Gasteiger partial charge in [0.25, 0.3) is 0 Å². The van der Waals surface area contributed by atoms with Gasteiger partial charge in [-0.05, 0) is 50.3 Å². The molecule has 1 N–H and O–H groups in total. The molecule has 2 unspecified atom stereocenters. The lowest BCUT2D eigenvalue weighted by atomic mass is 9.98. The van der Waals surface area contributed by atoms with Gasteiger partial charge >= 0.3 is 0 Å². The van der Waals surface area contributed by atoms with Crippen LogP contribution in [-0.4, -0.2) is 17.4 Å². The van der Waals surface area contributed by atoms with Crippen molar-refractivity contribution < 1.29 is 0 Å². The van der Waals surface area contributed by atoms with Crippen molar-refractivity contribution in [2.75, 3.05) is 12.4 Å². The van der Waals surface area contributed by atoms with Gasteiger partial charge in [0, 0.05) is 18.1 Å². The van der Waals surface area contributed by atoms with Crippen LogP contribution in [0.15, 0.2) is 18.2 Å². The molecule has 94 valence electrons. The van der Waals surface area contributed by atoms with Gasteiger partial charge in [0.05, 0.1) is 5.69 Å². The fourth-order valence-electron chi connectivity index (χ4n) is 2.67. The number of nitrogens with zero attached hydrogens (tertiary/aromatic N) is 1. The summed E-state index contributed by atoms with van der Waals surface area (Å²) in [5.74, 6) is 2.29. The second kappa shape index (κ2) is 6.36. The van der Waals surface area contributed by atoms with Crippen LogP contribution in [0.25, 0.3) is 0 Å². The van der Waals surface area contributed by atoms with Gasteiger partial charge in [-0.3, -0.25) is 4.98 Å². The van der Waals surface area contributed by atoms with Crippen LogP contribution in [0.5, 0.6) is 0 Å². The maximum Gasteiger partial charge on any atom is 0.0544 e. The molecule has 17 heavy (non-hydrogen) atoms. The van der Waals surface area contributed by atoms with Gasteiger partial charge in [0.2, 0.25) is 0 Å². The molecule has 1 aromatic heterocycles. The van der Waals surface area contributed by atoms with Crippen molar-refractivity contribution in [2.24, 2.45) is 11.8 Å². The topological polar surface area (TPSA) is 24.9 Å². The van der Waals surface area contributed by atoms with Gasteiger partial charge in [-0.15, -0.1) is 11.6 Å². The minimum absolute atomic E-state index is 0.717. The van der Waals surface area contributed by atoms with Crippen molar-refractivity contribution >= 4 is 11.6 Å². The molecule has 0 radical (unpaired) electrons. The maximum absolute atomic E-state index is 5.98. The Bertz CT molecular complexity index is 354. The molecule has 1 aliphatic carbocycles. The summed E-state index contributed by atoms with van der Waals surface area (Å²) in [6.07, 6.45) is 3.97. The van der Waals surface area contributed by atoms with Crippen LogP contribution in [0.1, 0.15) is 30.7 Å². The van der Waals surface area contributed by atoms with Crippen LogP contribution < -0.4 is 5.32 Å². The lowest BCUT2D eigenvalue weighted by Gasteiger charge is -2.17. The number of rotatable bonds is 5. The number of aromatic nitrogens is 1. The molecule has 0 amide bonds. The molecular weight excluding hydrogens is 232 g/mol. The predicted molar refractivity (Wildman–Crippen MR) is 72.2 cm³/mol. The Morgan fingerprint density at radius 3 is 2.94 bits per heavy atom. The second-order valence-electron chi connectivity index (χ2n) is 5.01. The van der Waals surface area contributed by atoms with Crippen LogP contribution in [-0.2, 0) is 6.54 Å². The molecule has 1 aliphatic rings. The lowest BCUT2D eigenvalue weighted by Crippen LogP contribution is -2.26. The molecular formula is C14H21ClN2. The fraction of sp³-hybridized carbons (Fsp3) is 0.643. The Balaban J connectivity index is 1.76. The third-order valence-electron chi connectivity index (χ3n) is 3.67. The largest absolute Gasteiger partial charge is 0.311 e. The minimum Gasteiger partial charge on any atom is -0.311 e. The summed E-state index contributed by atoms with van der Waals surface area (Å²) in [4.78, 5) is 4.49. The van der Waals surface area contributed by atoms with E-state index in [-0.39, 0.29) is 0 Å². The van der Waals surface area contributed by atoms with E-state index < -0.39 is 0 Å². The van der Waals surface area contributed by atoms with Crippen molar-refractivity contribution in [2.45, 2.75) is 32.7 Å². The predicted octanol–water partition coefficient (Wildman–Crippen LogP) is 3.13. The highest BCUT2D eigenvalue weighted by molar-refractivity contribution is 6.18. The summed E-state index contributed by atoms with van der Waals surface area (Å²) < 4.78 is 0. The van der Waals surface area contributed by atoms with Crippen LogP contribution in [0.2, 0.25) is 0 Å². The normalized spacial score (nSPS) is 24.1. The number of nitrogens with one attached hydrogen (secondary N) is 1. The van der Waals surface area contributed by atoms with E-state index in [1.807, 2.05) is 13.0 Å². The molecule has 2 rings (SSSR count). The minimum atomic E-state index is 0.717. The standard InChI is InChI=1S/C14H21ClN2/c1-11-4-2-7-14(17-11)10-16-9-13-6-3-5-12(13)8-15/h2,4,7,12-13,16H,3,5-6,8-10H2,1H3. The highest BCUT2D eigenvalue weighted by atomic mass is 35.5. The van der Waals surface area contributed by atoms with E-state index in [4.69, 9.17) is 11.6 Å². The molecule has 2 atom stereocenters. The summed E-state index contributed by atoms with van der Waals surface area (Å²) in [5, 5.41) is 3.51. The molecule has 1 fully saturated rings. The van der Waals surface area contributed by atoms with Crippen LogP contribution in [0, 0.1) is 18.8 Å². The summed E-state index contributed by atoms with van der Waals surface area (Å²) >= 11 is 5.98. The van der Waals surface area contributed by atoms with Gasteiger partial charge in [-0.1, -0.05) is 12.5 Å². The summed E-state index contributed by atoms with van der Waals surface area (Å²) in [6.45, 7) is 3.98. The van der Waals surface area contributed by atoms with E-state index >= 15 is 0 Å². The van der Waals surface area contributed by atoms with Gasteiger partial charge in [-0.25, -0.2) is 0 Å². The molecule has 1 heterocycles. The van der Waals surface area contributed by atoms with Gasteiger partial charge in [0.15, 0.2) is 0 Å². The van der Waals surface area contributed by atoms with Crippen LogP contribution in [0.3, 0.4) is 0 Å². The highest BCUT2D eigenvalue weighted by Crippen LogP contribution is 2.31. The first kappa shape index (κ1) is 12.8. The zero-order chi connectivity index (χ0) is 12.1. The third-order valence-corrected chi connectivity index (χ3v) is 4.07. The number of hydrogen-bond acceptors (Lipinski definition) is 2. The molecule has 3 heteroatoms. The Morgan fingerprint density at radius 2 is 2.18 bits per heavy atom. The molecule has 0 bridgehead atoms. The molecule has 2 nitrogen and oxygen atoms in total. The number of alkyl halides is 1. The summed E-state index contributed by atoms with van der Waals surface area (Å²) in [7, 11) is 0. The first-order valence-electron chi connectivity index (χ1n) is 6.49. The van der Waals surface area contributed by atoms with Crippen LogP contribution >= 0.6 is 11.6 Å². The van der Waals surface area contributed by atoms with E-state index in [0.29, 0.717) is 0 Å². The van der Waals surface area contributed by atoms with Crippen molar-refractivity contribution in [1.82, 2.24) is 10.3 Å². The number of hydrogen-bond donors (Lipinski definition) is 1.